The van der Waals surface area contributed by atoms with Gasteiger partial charge in [-0.2, -0.15) is 0 Å². The van der Waals surface area contributed by atoms with Crippen LogP contribution >= 0.6 is 0 Å². The van der Waals surface area contributed by atoms with Crippen molar-refractivity contribution >= 4 is 34.8 Å². The SMILES string of the molecule is CCN(CC)C(=O)c1ccc2c(c1)N(CC(=O)Nc1ccc(C)cc1C)C(=O)[C@H]1CCCCN21. The van der Waals surface area contributed by atoms with Crippen molar-refractivity contribution in [3.63, 3.8) is 0 Å². The van der Waals surface area contributed by atoms with Crippen LogP contribution in [0.1, 0.15) is 54.6 Å². The predicted octanol–water partition coefficient (Wildman–Crippen LogP) is 4.13. The van der Waals surface area contributed by atoms with Crippen LogP contribution in [-0.4, -0.2) is 54.8 Å². The molecule has 1 N–H and O–H groups in total. The summed E-state index contributed by atoms with van der Waals surface area (Å²) >= 11 is 0. The van der Waals surface area contributed by atoms with Crippen LogP contribution < -0.4 is 15.1 Å². The molecule has 0 aliphatic carbocycles. The van der Waals surface area contributed by atoms with Gasteiger partial charge in [0.25, 0.3) is 5.91 Å². The van der Waals surface area contributed by atoms with Crippen molar-refractivity contribution in [1.29, 1.82) is 0 Å². The molecule has 0 spiro atoms. The Kier molecular flexibility index (Phi) is 6.91. The number of hydrogen-bond acceptors (Lipinski definition) is 4. The third-order valence-electron chi connectivity index (χ3n) is 6.88. The first-order valence-electron chi connectivity index (χ1n) is 12.2. The lowest BCUT2D eigenvalue weighted by atomic mass is 9.95. The van der Waals surface area contributed by atoms with Gasteiger partial charge in [0.15, 0.2) is 0 Å². The fraction of sp³-hybridized carbons (Fsp3) is 0.444. The van der Waals surface area contributed by atoms with Crippen LogP contribution in [0.2, 0.25) is 0 Å². The van der Waals surface area contributed by atoms with E-state index in [-0.39, 0.29) is 30.3 Å². The van der Waals surface area contributed by atoms with Gasteiger partial charge in [-0.05, 0) is 76.8 Å². The molecule has 7 heteroatoms. The molecule has 4 rings (SSSR count). The molecule has 0 saturated carbocycles. The van der Waals surface area contributed by atoms with E-state index >= 15 is 0 Å². The summed E-state index contributed by atoms with van der Waals surface area (Å²) in [5, 5.41) is 2.96. The standard InChI is InChI=1S/C27H34N4O3/c1-5-29(6-2)26(33)20-11-13-22-24(16-20)31(27(34)23-9-7-8-14-30(22)23)17-25(32)28-21-12-10-18(3)15-19(21)4/h10-13,15-16,23H,5-9,14,17H2,1-4H3,(H,28,32)/t23-/m1/s1. The Morgan fingerprint density at radius 3 is 2.50 bits per heavy atom. The molecule has 3 amide bonds. The molecule has 1 atom stereocenters. The number of nitrogens with zero attached hydrogens (tertiary/aromatic N) is 3. The second-order valence-electron chi connectivity index (χ2n) is 9.18. The van der Waals surface area contributed by atoms with Gasteiger partial charge >= 0.3 is 0 Å². The number of aryl methyl sites for hydroxylation is 2. The first-order chi connectivity index (χ1) is 16.3. The summed E-state index contributed by atoms with van der Waals surface area (Å²) in [5.41, 5.74) is 4.93. The van der Waals surface area contributed by atoms with E-state index in [1.54, 1.807) is 15.9 Å². The van der Waals surface area contributed by atoms with E-state index in [0.29, 0.717) is 24.3 Å². The number of anilines is 3. The van der Waals surface area contributed by atoms with E-state index in [0.717, 1.165) is 48.3 Å². The average molecular weight is 463 g/mol. The minimum Gasteiger partial charge on any atom is -0.358 e. The molecule has 2 aromatic carbocycles. The molecule has 0 aromatic heterocycles. The summed E-state index contributed by atoms with van der Waals surface area (Å²) in [7, 11) is 0. The Hall–Kier alpha value is -3.35. The Morgan fingerprint density at radius 1 is 1.03 bits per heavy atom. The van der Waals surface area contributed by atoms with Gasteiger partial charge in [0.05, 0.1) is 11.4 Å². The van der Waals surface area contributed by atoms with Crippen molar-refractivity contribution in [2.45, 2.75) is 53.0 Å². The molecule has 0 bridgehead atoms. The number of hydrogen-bond donors (Lipinski definition) is 1. The van der Waals surface area contributed by atoms with Crippen molar-refractivity contribution in [2.24, 2.45) is 0 Å². The largest absolute Gasteiger partial charge is 0.358 e. The van der Waals surface area contributed by atoms with E-state index in [4.69, 9.17) is 0 Å². The summed E-state index contributed by atoms with van der Waals surface area (Å²) < 4.78 is 0. The number of nitrogens with one attached hydrogen (secondary N) is 1. The van der Waals surface area contributed by atoms with Crippen LogP contribution in [0.3, 0.4) is 0 Å². The maximum atomic E-state index is 13.6. The number of amides is 3. The fourth-order valence-corrected chi connectivity index (χ4v) is 5.03. The maximum Gasteiger partial charge on any atom is 0.253 e. The van der Waals surface area contributed by atoms with Gasteiger partial charge in [-0.15, -0.1) is 0 Å². The van der Waals surface area contributed by atoms with Crippen LogP contribution in [0, 0.1) is 13.8 Å². The van der Waals surface area contributed by atoms with Crippen molar-refractivity contribution in [3.8, 4) is 0 Å². The first-order valence-corrected chi connectivity index (χ1v) is 12.2. The minimum absolute atomic E-state index is 0.0688. The molecule has 180 valence electrons. The fourth-order valence-electron chi connectivity index (χ4n) is 5.03. The molecule has 34 heavy (non-hydrogen) atoms. The zero-order valence-corrected chi connectivity index (χ0v) is 20.6. The molecule has 2 aliphatic rings. The summed E-state index contributed by atoms with van der Waals surface area (Å²) in [5.74, 6) is -0.396. The van der Waals surface area contributed by atoms with Crippen molar-refractivity contribution < 1.29 is 14.4 Å². The topological polar surface area (TPSA) is 73.0 Å². The summed E-state index contributed by atoms with van der Waals surface area (Å²) in [6, 6.07) is 11.2. The second kappa shape index (κ2) is 9.87. The highest BCUT2D eigenvalue weighted by Crippen LogP contribution is 2.40. The van der Waals surface area contributed by atoms with Crippen LogP contribution in [0.15, 0.2) is 36.4 Å². The Balaban J connectivity index is 1.67. The smallest absolute Gasteiger partial charge is 0.253 e. The monoisotopic (exact) mass is 462 g/mol. The molecule has 0 radical (unpaired) electrons. The highest BCUT2D eigenvalue weighted by molar-refractivity contribution is 6.11. The third-order valence-corrected chi connectivity index (χ3v) is 6.88. The maximum absolute atomic E-state index is 13.6. The molecule has 1 fully saturated rings. The predicted molar refractivity (Wildman–Crippen MR) is 136 cm³/mol. The number of benzene rings is 2. The zero-order chi connectivity index (χ0) is 24.4. The van der Waals surface area contributed by atoms with E-state index < -0.39 is 0 Å². The van der Waals surface area contributed by atoms with Gasteiger partial charge in [-0.3, -0.25) is 19.3 Å². The lowest BCUT2D eigenvalue weighted by Crippen LogP contribution is -2.56. The quantitative estimate of drug-likeness (QED) is 0.701. The summed E-state index contributed by atoms with van der Waals surface area (Å²) in [4.78, 5) is 45.1. The van der Waals surface area contributed by atoms with Crippen LogP contribution in [-0.2, 0) is 9.59 Å². The Labute approximate surface area is 201 Å². The summed E-state index contributed by atoms with van der Waals surface area (Å²) in [6.45, 7) is 9.80. The molecule has 0 unspecified atom stereocenters. The number of fused-ring (bicyclic) bond motifs is 3. The highest BCUT2D eigenvalue weighted by Gasteiger charge is 2.40. The van der Waals surface area contributed by atoms with Crippen LogP contribution in [0.25, 0.3) is 0 Å². The Bertz CT molecular complexity index is 1110. The normalized spacial score (nSPS) is 17.2. The molecule has 7 nitrogen and oxygen atoms in total. The van der Waals surface area contributed by atoms with E-state index in [1.165, 1.54) is 0 Å². The van der Waals surface area contributed by atoms with Gasteiger partial charge in [0, 0.05) is 30.9 Å². The minimum atomic E-state index is -0.264. The van der Waals surface area contributed by atoms with Crippen LogP contribution in [0.5, 0.6) is 0 Å². The lowest BCUT2D eigenvalue weighted by molar-refractivity contribution is -0.123. The number of carbonyl (C=O) groups excluding carboxylic acids is 3. The highest BCUT2D eigenvalue weighted by atomic mass is 16.2. The number of rotatable bonds is 6. The summed E-state index contributed by atoms with van der Waals surface area (Å²) in [6.07, 6.45) is 2.79. The second-order valence-corrected chi connectivity index (χ2v) is 9.18. The zero-order valence-electron chi connectivity index (χ0n) is 20.6. The molecule has 1 saturated heterocycles. The van der Waals surface area contributed by atoms with Gasteiger partial charge in [-0.25, -0.2) is 0 Å². The van der Waals surface area contributed by atoms with Crippen molar-refractivity contribution in [3.05, 3.63) is 53.1 Å². The molecular formula is C27H34N4O3. The van der Waals surface area contributed by atoms with Gasteiger partial charge < -0.3 is 15.1 Å². The Morgan fingerprint density at radius 2 is 1.79 bits per heavy atom. The van der Waals surface area contributed by atoms with Crippen LogP contribution in [0.4, 0.5) is 17.1 Å². The van der Waals surface area contributed by atoms with Crippen molar-refractivity contribution in [2.75, 3.05) is 41.3 Å². The van der Waals surface area contributed by atoms with E-state index in [2.05, 4.69) is 10.2 Å². The molecular weight excluding hydrogens is 428 g/mol. The molecule has 2 heterocycles. The lowest BCUT2D eigenvalue weighted by Gasteiger charge is -2.45. The van der Waals surface area contributed by atoms with E-state index in [1.807, 2.05) is 58.0 Å². The van der Waals surface area contributed by atoms with Gasteiger partial charge in [0.1, 0.15) is 12.6 Å². The third kappa shape index (κ3) is 4.52. The van der Waals surface area contributed by atoms with Gasteiger partial charge in [-0.1, -0.05) is 17.7 Å². The number of piperidine rings is 1. The number of carbonyl (C=O) groups is 3. The van der Waals surface area contributed by atoms with Gasteiger partial charge in [0.2, 0.25) is 11.8 Å². The molecule has 2 aromatic rings. The van der Waals surface area contributed by atoms with E-state index in [9.17, 15) is 14.4 Å². The molecule has 2 aliphatic heterocycles. The van der Waals surface area contributed by atoms with Crippen molar-refractivity contribution in [1.82, 2.24) is 4.90 Å². The first kappa shape index (κ1) is 23.8. The average Bonchev–Trinajstić information content (AvgIpc) is 2.84.